The van der Waals surface area contributed by atoms with Crippen LogP contribution in [0, 0.1) is 0 Å². The minimum Gasteiger partial charge on any atom is -0.396 e. The Bertz CT molecular complexity index is 255. The number of hydrogen-bond donors (Lipinski definition) is 2. The van der Waals surface area contributed by atoms with Crippen molar-refractivity contribution in [3.8, 4) is 0 Å². The maximum atomic E-state index is 8.63. The fourth-order valence-electron chi connectivity index (χ4n) is 0.937. The van der Waals surface area contributed by atoms with Crippen LogP contribution in [0.4, 0.5) is 0 Å². The van der Waals surface area contributed by atoms with E-state index in [4.69, 9.17) is 22.4 Å². The topological polar surface area (TPSA) is 59.1 Å². The van der Waals surface area contributed by atoms with Crippen molar-refractivity contribution in [2.24, 2.45) is 5.73 Å². The first-order valence-electron chi connectivity index (χ1n) is 3.71. The largest absolute Gasteiger partial charge is 0.396 e. The lowest BCUT2D eigenvalue weighted by Gasteiger charge is -2.09. The zero-order valence-electron chi connectivity index (χ0n) is 6.57. The molecule has 0 aliphatic heterocycles. The summed E-state index contributed by atoms with van der Waals surface area (Å²) >= 11 is 5.71. The highest BCUT2D eigenvalue weighted by atomic mass is 35.5. The lowest BCUT2D eigenvalue weighted by atomic mass is 10.1. The molecule has 1 aromatic heterocycles. The Morgan fingerprint density at radius 1 is 1.58 bits per heavy atom. The number of hydrogen-bond acceptors (Lipinski definition) is 3. The van der Waals surface area contributed by atoms with Gasteiger partial charge in [0.15, 0.2) is 0 Å². The predicted octanol–water partition coefficient (Wildman–Crippen LogP) is 1.12. The van der Waals surface area contributed by atoms with E-state index in [-0.39, 0.29) is 12.6 Å². The number of nitrogens with two attached hydrogens (primary N) is 1. The summed E-state index contributed by atoms with van der Waals surface area (Å²) < 4.78 is 0. The summed E-state index contributed by atoms with van der Waals surface area (Å²) in [5, 5.41) is 9.20. The van der Waals surface area contributed by atoms with Crippen LogP contribution in [0.5, 0.6) is 0 Å². The molecule has 4 heteroatoms. The Labute approximate surface area is 76.2 Å². The van der Waals surface area contributed by atoms with Crippen LogP contribution in [0.2, 0.25) is 5.02 Å². The van der Waals surface area contributed by atoms with E-state index in [1.165, 1.54) is 0 Å². The van der Waals surface area contributed by atoms with Crippen LogP contribution < -0.4 is 5.73 Å². The van der Waals surface area contributed by atoms with Gasteiger partial charge in [0.05, 0.1) is 5.02 Å². The maximum absolute atomic E-state index is 8.63. The van der Waals surface area contributed by atoms with Crippen molar-refractivity contribution in [1.82, 2.24) is 4.98 Å². The van der Waals surface area contributed by atoms with Crippen LogP contribution in [-0.4, -0.2) is 16.7 Å². The van der Waals surface area contributed by atoms with Crippen molar-refractivity contribution in [2.45, 2.75) is 12.5 Å². The van der Waals surface area contributed by atoms with Crippen LogP contribution in [0.3, 0.4) is 0 Å². The van der Waals surface area contributed by atoms with E-state index < -0.39 is 0 Å². The van der Waals surface area contributed by atoms with Gasteiger partial charge in [0.1, 0.15) is 0 Å². The SMILES string of the molecule is NC(CCO)c1cncc(Cl)c1. The van der Waals surface area contributed by atoms with Gasteiger partial charge >= 0.3 is 0 Å². The molecule has 0 saturated carbocycles. The fourth-order valence-corrected chi connectivity index (χ4v) is 1.12. The smallest absolute Gasteiger partial charge is 0.0592 e. The summed E-state index contributed by atoms with van der Waals surface area (Å²) in [6, 6.07) is 1.58. The van der Waals surface area contributed by atoms with Crippen molar-refractivity contribution in [1.29, 1.82) is 0 Å². The monoisotopic (exact) mass is 186 g/mol. The van der Waals surface area contributed by atoms with Crippen LogP contribution in [-0.2, 0) is 0 Å². The molecule has 0 aliphatic rings. The zero-order valence-corrected chi connectivity index (χ0v) is 7.33. The maximum Gasteiger partial charge on any atom is 0.0592 e. The predicted molar refractivity (Wildman–Crippen MR) is 47.9 cm³/mol. The average molecular weight is 187 g/mol. The molecule has 1 heterocycles. The Balaban J connectivity index is 2.73. The summed E-state index contributed by atoms with van der Waals surface area (Å²) in [5.74, 6) is 0. The van der Waals surface area contributed by atoms with Gasteiger partial charge in [-0.1, -0.05) is 11.6 Å². The molecule has 0 radical (unpaired) electrons. The molecular weight excluding hydrogens is 176 g/mol. The number of aliphatic hydroxyl groups excluding tert-OH is 1. The van der Waals surface area contributed by atoms with Crippen molar-refractivity contribution in [3.63, 3.8) is 0 Å². The summed E-state index contributed by atoms with van der Waals surface area (Å²) in [4.78, 5) is 3.89. The van der Waals surface area contributed by atoms with E-state index in [0.29, 0.717) is 11.4 Å². The van der Waals surface area contributed by atoms with E-state index in [1.807, 2.05) is 0 Å². The molecule has 3 nitrogen and oxygen atoms in total. The number of halogens is 1. The standard InChI is InChI=1S/C8H11ClN2O/c9-7-3-6(4-11-5-7)8(10)1-2-12/h3-5,8,12H,1-2,10H2. The van der Waals surface area contributed by atoms with Crippen molar-refractivity contribution in [2.75, 3.05) is 6.61 Å². The highest BCUT2D eigenvalue weighted by Gasteiger charge is 2.05. The molecule has 66 valence electrons. The molecule has 3 N–H and O–H groups in total. The molecule has 0 fully saturated rings. The number of aromatic nitrogens is 1. The first-order valence-corrected chi connectivity index (χ1v) is 4.08. The Hall–Kier alpha value is -0.640. The second kappa shape index (κ2) is 4.40. The summed E-state index contributed by atoms with van der Waals surface area (Å²) in [6.45, 7) is 0.0771. The molecule has 0 aliphatic carbocycles. The molecule has 1 aromatic rings. The first-order chi connectivity index (χ1) is 5.74. The van der Waals surface area contributed by atoms with Gasteiger partial charge in [-0.25, -0.2) is 0 Å². The first kappa shape index (κ1) is 9.45. The minimum absolute atomic E-state index is 0.0771. The number of nitrogens with zero attached hydrogens (tertiary/aromatic N) is 1. The molecular formula is C8H11ClN2O. The van der Waals surface area contributed by atoms with Gasteiger partial charge in [0, 0.05) is 25.0 Å². The van der Waals surface area contributed by atoms with Crippen molar-refractivity contribution < 1.29 is 5.11 Å². The van der Waals surface area contributed by atoms with Crippen LogP contribution in [0.15, 0.2) is 18.5 Å². The van der Waals surface area contributed by atoms with E-state index in [2.05, 4.69) is 4.98 Å². The lowest BCUT2D eigenvalue weighted by Crippen LogP contribution is -2.11. The quantitative estimate of drug-likeness (QED) is 0.744. The van der Waals surface area contributed by atoms with Gasteiger partial charge in [-0.3, -0.25) is 4.98 Å². The summed E-state index contributed by atoms with van der Waals surface area (Å²) in [7, 11) is 0. The fraction of sp³-hybridized carbons (Fsp3) is 0.375. The Morgan fingerprint density at radius 3 is 2.92 bits per heavy atom. The van der Waals surface area contributed by atoms with E-state index >= 15 is 0 Å². The van der Waals surface area contributed by atoms with Gasteiger partial charge in [0.25, 0.3) is 0 Å². The third-order valence-electron chi connectivity index (χ3n) is 1.59. The molecule has 1 unspecified atom stereocenters. The van der Waals surface area contributed by atoms with Crippen LogP contribution in [0.25, 0.3) is 0 Å². The Morgan fingerprint density at radius 2 is 2.33 bits per heavy atom. The number of rotatable bonds is 3. The minimum atomic E-state index is -0.179. The molecule has 0 saturated heterocycles. The second-order valence-electron chi connectivity index (χ2n) is 2.56. The zero-order chi connectivity index (χ0) is 8.97. The van der Waals surface area contributed by atoms with Gasteiger partial charge in [-0.15, -0.1) is 0 Å². The van der Waals surface area contributed by atoms with E-state index in [0.717, 1.165) is 5.56 Å². The normalized spacial score (nSPS) is 12.9. The highest BCUT2D eigenvalue weighted by molar-refractivity contribution is 6.30. The highest BCUT2D eigenvalue weighted by Crippen LogP contribution is 2.16. The third-order valence-corrected chi connectivity index (χ3v) is 1.80. The molecule has 0 aromatic carbocycles. The van der Waals surface area contributed by atoms with Gasteiger partial charge < -0.3 is 10.8 Å². The Kier molecular flexibility index (Phi) is 3.47. The van der Waals surface area contributed by atoms with E-state index in [9.17, 15) is 0 Å². The van der Waals surface area contributed by atoms with Gasteiger partial charge in [0.2, 0.25) is 0 Å². The summed E-state index contributed by atoms with van der Waals surface area (Å²) in [5.41, 5.74) is 6.57. The molecule has 0 amide bonds. The third kappa shape index (κ3) is 2.44. The molecule has 0 bridgehead atoms. The van der Waals surface area contributed by atoms with Crippen molar-refractivity contribution >= 4 is 11.6 Å². The molecule has 1 atom stereocenters. The van der Waals surface area contributed by atoms with Crippen LogP contribution in [0.1, 0.15) is 18.0 Å². The second-order valence-corrected chi connectivity index (χ2v) is 2.99. The van der Waals surface area contributed by atoms with Crippen molar-refractivity contribution in [3.05, 3.63) is 29.0 Å². The number of aliphatic hydroxyl groups is 1. The molecule has 0 spiro atoms. The van der Waals surface area contributed by atoms with Crippen LogP contribution >= 0.6 is 11.6 Å². The lowest BCUT2D eigenvalue weighted by molar-refractivity contribution is 0.276. The number of pyridine rings is 1. The van der Waals surface area contributed by atoms with Gasteiger partial charge in [-0.05, 0) is 18.1 Å². The molecule has 12 heavy (non-hydrogen) atoms. The van der Waals surface area contributed by atoms with Gasteiger partial charge in [-0.2, -0.15) is 0 Å². The summed E-state index contributed by atoms with van der Waals surface area (Å²) in [6.07, 6.45) is 3.74. The van der Waals surface area contributed by atoms with E-state index in [1.54, 1.807) is 18.5 Å². The average Bonchev–Trinajstić information content (AvgIpc) is 2.05. The molecule has 1 rings (SSSR count).